The predicted molar refractivity (Wildman–Crippen MR) is 72.7 cm³/mol. The minimum Gasteiger partial charge on any atom is -0.494 e. The van der Waals surface area contributed by atoms with E-state index in [4.69, 9.17) is 4.74 Å². The predicted octanol–water partition coefficient (Wildman–Crippen LogP) is 2.73. The Bertz CT molecular complexity index is 531. The topological polar surface area (TPSA) is 34.2 Å². The van der Waals surface area contributed by atoms with E-state index in [0.29, 0.717) is 12.0 Å². The lowest BCUT2D eigenvalue weighted by Gasteiger charge is -2.18. The summed E-state index contributed by atoms with van der Waals surface area (Å²) in [6.45, 7) is 0. The van der Waals surface area contributed by atoms with E-state index < -0.39 is 0 Å². The van der Waals surface area contributed by atoms with E-state index in [9.17, 15) is 4.39 Å². The lowest BCUT2D eigenvalue weighted by Crippen LogP contribution is -2.20. The fraction of sp³-hybridized carbons (Fsp3) is 0.267. The van der Waals surface area contributed by atoms with E-state index in [-0.39, 0.29) is 17.6 Å². The Kier molecular flexibility index (Phi) is 4.47. The molecule has 19 heavy (non-hydrogen) atoms. The quantitative estimate of drug-likeness (QED) is 0.897. The summed E-state index contributed by atoms with van der Waals surface area (Å²) < 4.78 is 19.2. The summed E-state index contributed by atoms with van der Waals surface area (Å²) in [6, 6.07) is 10.8. The van der Waals surface area contributed by atoms with Gasteiger partial charge in [-0.1, -0.05) is 18.2 Å². The highest BCUT2D eigenvalue weighted by Gasteiger charge is 2.17. The third-order valence-corrected chi connectivity index (χ3v) is 3.08. The lowest BCUT2D eigenvalue weighted by molar-refractivity contribution is 0.380. The van der Waals surface area contributed by atoms with Gasteiger partial charge in [-0.3, -0.25) is 4.98 Å². The number of pyridine rings is 1. The van der Waals surface area contributed by atoms with Gasteiger partial charge in [0.15, 0.2) is 11.6 Å². The maximum absolute atomic E-state index is 14.2. The molecule has 1 aromatic heterocycles. The van der Waals surface area contributed by atoms with Gasteiger partial charge in [-0.15, -0.1) is 0 Å². The van der Waals surface area contributed by atoms with E-state index in [1.165, 1.54) is 7.11 Å². The number of aromatic nitrogens is 1. The second kappa shape index (κ2) is 6.29. The van der Waals surface area contributed by atoms with Gasteiger partial charge >= 0.3 is 0 Å². The maximum Gasteiger partial charge on any atom is 0.169 e. The van der Waals surface area contributed by atoms with Crippen molar-refractivity contribution in [3.8, 4) is 5.75 Å². The molecule has 100 valence electrons. The molecule has 2 aromatic rings. The van der Waals surface area contributed by atoms with Crippen LogP contribution in [0.1, 0.15) is 17.3 Å². The molecule has 0 fully saturated rings. The summed E-state index contributed by atoms with van der Waals surface area (Å²) in [5.41, 5.74) is 1.51. The van der Waals surface area contributed by atoms with E-state index in [1.807, 2.05) is 25.2 Å². The van der Waals surface area contributed by atoms with Crippen LogP contribution in [-0.2, 0) is 6.42 Å². The Morgan fingerprint density at radius 1 is 1.26 bits per heavy atom. The molecule has 1 N–H and O–H groups in total. The first-order valence-electron chi connectivity index (χ1n) is 6.16. The molecule has 0 amide bonds. The highest BCUT2D eigenvalue weighted by atomic mass is 19.1. The summed E-state index contributed by atoms with van der Waals surface area (Å²) in [5, 5.41) is 3.12. The van der Waals surface area contributed by atoms with Gasteiger partial charge in [-0.25, -0.2) is 4.39 Å². The second-order valence-electron chi connectivity index (χ2n) is 4.23. The molecule has 0 saturated carbocycles. The molecule has 0 radical (unpaired) electrons. The molecule has 0 bridgehead atoms. The van der Waals surface area contributed by atoms with Gasteiger partial charge in [-0.2, -0.15) is 0 Å². The molecule has 0 aliphatic heterocycles. The zero-order valence-electron chi connectivity index (χ0n) is 11.1. The summed E-state index contributed by atoms with van der Waals surface area (Å²) >= 11 is 0. The van der Waals surface area contributed by atoms with E-state index in [1.54, 1.807) is 24.4 Å². The average molecular weight is 260 g/mol. The summed E-state index contributed by atoms with van der Waals surface area (Å²) in [4.78, 5) is 4.27. The van der Waals surface area contributed by atoms with Crippen molar-refractivity contribution in [2.24, 2.45) is 0 Å². The summed E-state index contributed by atoms with van der Waals surface area (Å²) in [6.07, 6.45) is 2.37. The van der Waals surface area contributed by atoms with Gasteiger partial charge in [0.2, 0.25) is 0 Å². The van der Waals surface area contributed by atoms with Crippen molar-refractivity contribution < 1.29 is 9.13 Å². The summed E-state index contributed by atoms with van der Waals surface area (Å²) in [5.74, 6) is -0.0564. The monoisotopic (exact) mass is 260 g/mol. The van der Waals surface area contributed by atoms with Crippen LogP contribution in [-0.4, -0.2) is 19.1 Å². The molecule has 0 saturated heterocycles. The van der Waals surface area contributed by atoms with Crippen molar-refractivity contribution in [1.82, 2.24) is 10.3 Å². The van der Waals surface area contributed by atoms with Crippen LogP contribution in [0.4, 0.5) is 4.39 Å². The van der Waals surface area contributed by atoms with Crippen LogP contribution in [0.2, 0.25) is 0 Å². The molecule has 3 nitrogen and oxygen atoms in total. The molecular weight excluding hydrogens is 243 g/mol. The maximum atomic E-state index is 14.2. The normalized spacial score (nSPS) is 12.2. The van der Waals surface area contributed by atoms with Gasteiger partial charge in [0, 0.05) is 29.9 Å². The lowest BCUT2D eigenvalue weighted by atomic mass is 10.0. The molecule has 1 aromatic carbocycles. The minimum atomic E-state index is -0.319. The number of hydrogen-bond donors (Lipinski definition) is 1. The van der Waals surface area contributed by atoms with Crippen molar-refractivity contribution in [3.63, 3.8) is 0 Å². The highest BCUT2D eigenvalue weighted by molar-refractivity contribution is 5.33. The fourth-order valence-corrected chi connectivity index (χ4v) is 2.05. The van der Waals surface area contributed by atoms with E-state index in [2.05, 4.69) is 10.3 Å². The number of benzene rings is 1. The molecule has 0 spiro atoms. The van der Waals surface area contributed by atoms with Crippen molar-refractivity contribution in [2.45, 2.75) is 12.5 Å². The largest absolute Gasteiger partial charge is 0.494 e. The van der Waals surface area contributed by atoms with Crippen LogP contribution in [0.5, 0.6) is 5.75 Å². The van der Waals surface area contributed by atoms with Crippen molar-refractivity contribution in [2.75, 3.05) is 14.2 Å². The summed E-state index contributed by atoms with van der Waals surface area (Å²) in [7, 11) is 3.28. The molecule has 1 atom stereocenters. The first-order chi connectivity index (χ1) is 9.26. The molecule has 2 rings (SSSR count). The van der Waals surface area contributed by atoms with E-state index >= 15 is 0 Å². The van der Waals surface area contributed by atoms with Crippen molar-refractivity contribution in [3.05, 3.63) is 59.7 Å². The Hall–Kier alpha value is -1.94. The molecule has 1 unspecified atom stereocenters. The second-order valence-corrected chi connectivity index (χ2v) is 4.23. The fourth-order valence-electron chi connectivity index (χ4n) is 2.05. The van der Waals surface area contributed by atoms with Gasteiger partial charge in [-0.05, 0) is 25.2 Å². The standard InChI is InChI=1S/C15H17FN2O/c1-17-13(10-11-6-3-4-9-18-11)12-7-5-8-14(19-2)15(12)16/h3-9,13,17H,10H2,1-2H3. The Morgan fingerprint density at radius 2 is 2.11 bits per heavy atom. The number of ether oxygens (including phenoxy) is 1. The number of nitrogens with zero attached hydrogens (tertiary/aromatic N) is 1. The average Bonchev–Trinajstić information content (AvgIpc) is 2.46. The Morgan fingerprint density at radius 3 is 2.74 bits per heavy atom. The minimum absolute atomic E-state index is 0.134. The van der Waals surface area contributed by atoms with E-state index in [0.717, 1.165) is 5.69 Å². The number of halogens is 1. The van der Waals surface area contributed by atoms with Crippen LogP contribution in [0.25, 0.3) is 0 Å². The smallest absolute Gasteiger partial charge is 0.169 e. The van der Waals surface area contributed by atoms with Crippen LogP contribution in [0.15, 0.2) is 42.6 Å². The Balaban J connectivity index is 2.27. The number of nitrogens with one attached hydrogen (secondary N) is 1. The van der Waals surface area contributed by atoms with Gasteiger partial charge in [0.1, 0.15) is 0 Å². The molecular formula is C15H17FN2O. The van der Waals surface area contributed by atoms with Gasteiger partial charge in [0.25, 0.3) is 0 Å². The van der Waals surface area contributed by atoms with Crippen molar-refractivity contribution >= 4 is 0 Å². The third kappa shape index (κ3) is 3.09. The zero-order chi connectivity index (χ0) is 13.7. The van der Waals surface area contributed by atoms with Crippen LogP contribution in [0.3, 0.4) is 0 Å². The first kappa shape index (κ1) is 13.5. The third-order valence-electron chi connectivity index (χ3n) is 3.08. The highest BCUT2D eigenvalue weighted by Crippen LogP contribution is 2.26. The molecule has 4 heteroatoms. The van der Waals surface area contributed by atoms with Gasteiger partial charge < -0.3 is 10.1 Å². The molecule has 0 aliphatic rings. The SMILES string of the molecule is CNC(Cc1ccccn1)c1cccc(OC)c1F. The van der Waals surface area contributed by atoms with Gasteiger partial charge in [0.05, 0.1) is 7.11 Å². The number of rotatable bonds is 5. The first-order valence-corrected chi connectivity index (χ1v) is 6.16. The van der Waals surface area contributed by atoms with Crippen molar-refractivity contribution in [1.29, 1.82) is 0 Å². The van der Waals surface area contributed by atoms with Crippen LogP contribution < -0.4 is 10.1 Å². The van der Waals surface area contributed by atoms with Crippen LogP contribution >= 0.6 is 0 Å². The molecule has 0 aliphatic carbocycles. The number of likely N-dealkylation sites (N-methyl/N-ethyl adjacent to an activating group) is 1. The number of methoxy groups -OCH3 is 1. The number of hydrogen-bond acceptors (Lipinski definition) is 3. The Labute approximate surface area is 112 Å². The zero-order valence-corrected chi connectivity index (χ0v) is 11.1. The molecule has 1 heterocycles. The van der Waals surface area contributed by atoms with Crippen LogP contribution in [0, 0.1) is 5.82 Å².